The van der Waals surface area contributed by atoms with Crippen molar-refractivity contribution >= 4 is 28.7 Å². The average Bonchev–Trinajstić information content (AvgIpc) is 3.14. The van der Waals surface area contributed by atoms with Crippen LogP contribution in [-0.2, 0) is 9.59 Å². The van der Waals surface area contributed by atoms with Crippen LogP contribution in [0.5, 0.6) is 0 Å². The van der Waals surface area contributed by atoms with Crippen molar-refractivity contribution in [3.63, 3.8) is 0 Å². The highest BCUT2D eigenvalue weighted by Gasteiger charge is 2.41. The second-order valence-electron chi connectivity index (χ2n) is 6.49. The topological polar surface area (TPSA) is 40.6 Å². The Balaban J connectivity index is 1.95. The van der Waals surface area contributed by atoms with Crippen LogP contribution in [0.15, 0.2) is 23.2 Å². The Morgan fingerprint density at radius 3 is 2.57 bits per heavy atom. The molecule has 2 amide bonds. The molecule has 5 heteroatoms. The van der Waals surface area contributed by atoms with E-state index in [4.69, 9.17) is 0 Å². The van der Waals surface area contributed by atoms with Crippen molar-refractivity contribution in [3.05, 3.63) is 28.1 Å². The minimum Gasteiger partial charge on any atom is -0.366 e. The third-order valence-electron chi connectivity index (χ3n) is 4.75. The largest absolute Gasteiger partial charge is 0.366 e. The highest BCUT2D eigenvalue weighted by Crippen LogP contribution is 2.35. The molecule has 1 saturated heterocycles. The molecule has 2 aliphatic heterocycles. The Labute approximate surface area is 141 Å². The van der Waals surface area contributed by atoms with E-state index in [2.05, 4.69) is 18.7 Å². The number of thiophene rings is 1. The second kappa shape index (κ2) is 6.87. The molecular formula is C18H24N2O2S. The molecule has 1 aromatic heterocycles. The van der Waals surface area contributed by atoms with Gasteiger partial charge in [-0.05, 0) is 36.6 Å². The van der Waals surface area contributed by atoms with Gasteiger partial charge in [0.15, 0.2) is 0 Å². The monoisotopic (exact) mass is 332 g/mol. The summed E-state index contributed by atoms with van der Waals surface area (Å²) in [5.74, 6) is 0.487. The lowest BCUT2D eigenvalue weighted by Gasteiger charge is -2.32. The van der Waals surface area contributed by atoms with Gasteiger partial charge in [0.05, 0.1) is 5.57 Å². The number of amides is 2. The number of carbonyl (C=O) groups excluding carboxylic acids is 2. The number of rotatable bonds is 5. The van der Waals surface area contributed by atoms with Crippen LogP contribution < -0.4 is 0 Å². The van der Waals surface area contributed by atoms with Gasteiger partial charge in [0.1, 0.15) is 5.70 Å². The first kappa shape index (κ1) is 16.2. The van der Waals surface area contributed by atoms with Gasteiger partial charge in [0, 0.05) is 24.5 Å². The van der Waals surface area contributed by atoms with Crippen LogP contribution >= 0.6 is 11.3 Å². The lowest BCUT2D eigenvalue weighted by atomic mass is 9.98. The van der Waals surface area contributed by atoms with Gasteiger partial charge in [-0.1, -0.05) is 26.3 Å². The van der Waals surface area contributed by atoms with E-state index in [9.17, 15) is 9.59 Å². The zero-order chi connectivity index (χ0) is 16.4. The molecule has 0 N–H and O–H groups in total. The van der Waals surface area contributed by atoms with Gasteiger partial charge < -0.3 is 4.90 Å². The van der Waals surface area contributed by atoms with Crippen LogP contribution in [0.4, 0.5) is 0 Å². The first-order valence-electron chi connectivity index (χ1n) is 8.52. The van der Waals surface area contributed by atoms with E-state index in [1.165, 1.54) is 16.2 Å². The van der Waals surface area contributed by atoms with Crippen LogP contribution in [0.25, 0.3) is 5.57 Å². The SMILES string of the molecule is CCCCN1C(=O)C(c2cccs2)=C(N2CCC(C)CC2)C1=O. The molecule has 1 aromatic rings. The average molecular weight is 332 g/mol. The molecule has 0 radical (unpaired) electrons. The smallest absolute Gasteiger partial charge is 0.277 e. The summed E-state index contributed by atoms with van der Waals surface area (Å²) in [6, 6.07) is 3.89. The van der Waals surface area contributed by atoms with Crippen LogP contribution in [0.3, 0.4) is 0 Å². The van der Waals surface area contributed by atoms with E-state index in [-0.39, 0.29) is 11.8 Å². The van der Waals surface area contributed by atoms with E-state index in [0.29, 0.717) is 23.7 Å². The number of hydrogen-bond acceptors (Lipinski definition) is 4. The summed E-state index contributed by atoms with van der Waals surface area (Å²) in [6.45, 7) is 6.58. The Kier molecular flexibility index (Phi) is 4.85. The molecule has 0 aliphatic carbocycles. The van der Waals surface area contributed by atoms with Crippen molar-refractivity contribution in [2.75, 3.05) is 19.6 Å². The molecule has 0 spiro atoms. The van der Waals surface area contributed by atoms with E-state index < -0.39 is 0 Å². The van der Waals surface area contributed by atoms with Crippen molar-refractivity contribution in [1.82, 2.24) is 9.80 Å². The molecule has 0 atom stereocenters. The summed E-state index contributed by atoms with van der Waals surface area (Å²) in [6.07, 6.45) is 4.00. The van der Waals surface area contributed by atoms with Crippen molar-refractivity contribution in [3.8, 4) is 0 Å². The fraction of sp³-hybridized carbons (Fsp3) is 0.556. The lowest BCUT2D eigenvalue weighted by molar-refractivity contribution is -0.137. The van der Waals surface area contributed by atoms with Crippen LogP contribution in [0.2, 0.25) is 0 Å². The molecule has 3 rings (SSSR count). The molecule has 3 heterocycles. The van der Waals surface area contributed by atoms with Gasteiger partial charge in [0.25, 0.3) is 11.8 Å². The zero-order valence-electron chi connectivity index (χ0n) is 13.9. The minimum absolute atomic E-state index is 0.0959. The predicted molar refractivity (Wildman–Crippen MR) is 92.8 cm³/mol. The molecule has 2 aliphatic rings. The number of nitrogens with zero attached hydrogens (tertiary/aromatic N) is 2. The highest BCUT2D eigenvalue weighted by molar-refractivity contribution is 7.11. The molecule has 4 nitrogen and oxygen atoms in total. The molecule has 124 valence electrons. The van der Waals surface area contributed by atoms with E-state index in [1.54, 1.807) is 0 Å². The van der Waals surface area contributed by atoms with Crippen LogP contribution in [0.1, 0.15) is 44.4 Å². The standard InChI is InChI=1S/C18H24N2O2S/c1-3-4-9-20-17(21)15(14-6-5-12-23-14)16(18(20)22)19-10-7-13(2)8-11-19/h5-6,12-13H,3-4,7-11H2,1-2H3. The summed E-state index contributed by atoms with van der Waals surface area (Å²) in [4.78, 5) is 30.3. The normalized spacial score (nSPS) is 20.1. The maximum absolute atomic E-state index is 12.9. The summed E-state index contributed by atoms with van der Waals surface area (Å²) in [7, 11) is 0. The Morgan fingerprint density at radius 2 is 1.96 bits per heavy atom. The summed E-state index contributed by atoms with van der Waals surface area (Å²) < 4.78 is 0. The quantitative estimate of drug-likeness (QED) is 0.776. The number of carbonyl (C=O) groups is 2. The fourth-order valence-electron chi connectivity index (χ4n) is 3.25. The van der Waals surface area contributed by atoms with Crippen molar-refractivity contribution in [2.24, 2.45) is 5.92 Å². The van der Waals surface area contributed by atoms with Gasteiger partial charge in [-0.2, -0.15) is 0 Å². The first-order valence-corrected chi connectivity index (χ1v) is 9.40. The number of likely N-dealkylation sites (tertiary alicyclic amines) is 1. The Bertz CT molecular complexity index is 613. The minimum atomic E-state index is -0.112. The third kappa shape index (κ3) is 3.07. The fourth-order valence-corrected chi connectivity index (χ4v) is 4.01. The Morgan fingerprint density at radius 1 is 1.22 bits per heavy atom. The molecule has 0 aromatic carbocycles. The summed E-state index contributed by atoms with van der Waals surface area (Å²) in [5, 5.41) is 1.96. The van der Waals surface area contributed by atoms with Crippen molar-refractivity contribution in [1.29, 1.82) is 0 Å². The van der Waals surface area contributed by atoms with Gasteiger partial charge >= 0.3 is 0 Å². The lowest BCUT2D eigenvalue weighted by Crippen LogP contribution is -2.38. The highest BCUT2D eigenvalue weighted by atomic mass is 32.1. The third-order valence-corrected chi connectivity index (χ3v) is 5.63. The summed E-state index contributed by atoms with van der Waals surface area (Å²) in [5.41, 5.74) is 1.26. The molecule has 0 saturated carbocycles. The van der Waals surface area contributed by atoms with Crippen molar-refractivity contribution in [2.45, 2.75) is 39.5 Å². The van der Waals surface area contributed by atoms with Crippen LogP contribution in [0, 0.1) is 5.92 Å². The van der Waals surface area contributed by atoms with Gasteiger partial charge in [-0.3, -0.25) is 14.5 Å². The number of unbranched alkanes of at least 4 members (excludes halogenated alkanes) is 1. The molecule has 1 fully saturated rings. The maximum atomic E-state index is 12.9. The van der Waals surface area contributed by atoms with Gasteiger partial charge in [0.2, 0.25) is 0 Å². The zero-order valence-corrected chi connectivity index (χ0v) is 14.7. The first-order chi connectivity index (χ1) is 11.1. The van der Waals surface area contributed by atoms with Gasteiger partial charge in [-0.15, -0.1) is 11.3 Å². The van der Waals surface area contributed by atoms with Gasteiger partial charge in [-0.25, -0.2) is 0 Å². The number of piperidine rings is 1. The molecular weight excluding hydrogens is 308 g/mol. The Hall–Kier alpha value is -1.62. The summed E-state index contributed by atoms with van der Waals surface area (Å²) >= 11 is 1.54. The molecule has 0 unspecified atom stereocenters. The molecule has 23 heavy (non-hydrogen) atoms. The number of imide groups is 1. The van der Waals surface area contributed by atoms with E-state index in [1.807, 2.05) is 17.5 Å². The predicted octanol–water partition coefficient (Wildman–Crippen LogP) is 3.36. The maximum Gasteiger partial charge on any atom is 0.277 e. The van der Waals surface area contributed by atoms with Crippen LogP contribution in [-0.4, -0.2) is 41.2 Å². The molecule has 0 bridgehead atoms. The number of hydrogen-bond donors (Lipinski definition) is 0. The van der Waals surface area contributed by atoms with E-state index in [0.717, 1.165) is 43.6 Å². The van der Waals surface area contributed by atoms with Crippen molar-refractivity contribution < 1.29 is 9.59 Å². The van der Waals surface area contributed by atoms with E-state index >= 15 is 0 Å². The second-order valence-corrected chi connectivity index (χ2v) is 7.43.